The third-order valence-corrected chi connectivity index (χ3v) is 5.76. The summed E-state index contributed by atoms with van der Waals surface area (Å²) in [5, 5.41) is 2.68. The Morgan fingerprint density at radius 3 is 2.12 bits per heavy atom. The molecule has 0 aliphatic heterocycles. The first-order valence-corrected chi connectivity index (χ1v) is 9.18. The van der Waals surface area contributed by atoms with Gasteiger partial charge in [-0.2, -0.15) is 0 Å². The normalized spacial score (nSPS) is 11.2. The van der Waals surface area contributed by atoms with Crippen molar-refractivity contribution in [1.82, 2.24) is 0 Å². The fourth-order valence-corrected chi connectivity index (χ4v) is 4.43. The second-order valence-electron chi connectivity index (χ2n) is 6.19. The van der Waals surface area contributed by atoms with Gasteiger partial charge in [0.15, 0.2) is 0 Å². The van der Waals surface area contributed by atoms with Gasteiger partial charge in [0.2, 0.25) is 0 Å². The lowest BCUT2D eigenvalue weighted by atomic mass is 9.98. The molecule has 0 aliphatic rings. The van der Waals surface area contributed by atoms with Crippen LogP contribution in [0.2, 0.25) is 0 Å². The maximum absolute atomic E-state index is 3.31. The van der Waals surface area contributed by atoms with Gasteiger partial charge in [-0.1, -0.05) is 54.6 Å². The van der Waals surface area contributed by atoms with Crippen LogP contribution in [0.5, 0.6) is 0 Å². The van der Waals surface area contributed by atoms with Gasteiger partial charge in [0, 0.05) is 20.2 Å². The SMILES string of the molecule is [c]1cc(-c2ccccc2)cc(-c2ccc3sc4ccccc4c3c2)c1. The zero-order chi connectivity index (χ0) is 16.6. The Morgan fingerprint density at radius 2 is 1.24 bits per heavy atom. The Labute approximate surface area is 151 Å². The average Bonchev–Trinajstić information content (AvgIpc) is 3.07. The van der Waals surface area contributed by atoms with Crippen molar-refractivity contribution >= 4 is 31.5 Å². The fourth-order valence-electron chi connectivity index (χ4n) is 3.34. The summed E-state index contributed by atoms with van der Waals surface area (Å²) in [5.41, 5.74) is 4.87. The van der Waals surface area contributed by atoms with Crippen molar-refractivity contribution < 1.29 is 0 Å². The van der Waals surface area contributed by atoms with Gasteiger partial charge in [0.1, 0.15) is 0 Å². The molecule has 117 valence electrons. The summed E-state index contributed by atoms with van der Waals surface area (Å²) in [4.78, 5) is 0. The minimum absolute atomic E-state index is 1.20. The number of rotatable bonds is 2. The van der Waals surface area contributed by atoms with Crippen molar-refractivity contribution in [3.05, 3.63) is 97.1 Å². The lowest BCUT2D eigenvalue weighted by molar-refractivity contribution is 1.59. The first kappa shape index (κ1) is 14.4. The molecule has 0 bridgehead atoms. The Bertz CT molecular complexity index is 1180. The molecule has 0 atom stereocenters. The third-order valence-electron chi connectivity index (χ3n) is 4.61. The van der Waals surface area contributed by atoms with Gasteiger partial charge in [-0.3, -0.25) is 0 Å². The van der Waals surface area contributed by atoms with Crippen molar-refractivity contribution in [2.45, 2.75) is 0 Å². The molecule has 0 N–H and O–H groups in total. The van der Waals surface area contributed by atoms with Crippen LogP contribution in [-0.4, -0.2) is 0 Å². The summed E-state index contributed by atoms with van der Waals surface area (Å²) in [6, 6.07) is 35.6. The molecule has 0 saturated heterocycles. The van der Waals surface area contributed by atoms with E-state index in [1.807, 2.05) is 17.4 Å². The molecule has 1 heteroatoms. The van der Waals surface area contributed by atoms with Gasteiger partial charge in [-0.15, -0.1) is 11.3 Å². The molecule has 5 aromatic rings. The standard InChI is InChI=1S/C24H15S/c1-2-7-17(8-3-1)18-9-6-10-19(15-18)20-13-14-24-22(16-20)21-11-4-5-12-23(21)25-24/h1-5,7-16H. The summed E-state index contributed by atoms with van der Waals surface area (Å²) < 4.78 is 2.69. The van der Waals surface area contributed by atoms with Gasteiger partial charge >= 0.3 is 0 Å². The van der Waals surface area contributed by atoms with Gasteiger partial charge in [-0.25, -0.2) is 0 Å². The minimum Gasteiger partial charge on any atom is -0.135 e. The van der Waals surface area contributed by atoms with Crippen LogP contribution >= 0.6 is 11.3 Å². The van der Waals surface area contributed by atoms with Gasteiger partial charge in [0.25, 0.3) is 0 Å². The number of hydrogen-bond donors (Lipinski definition) is 0. The Morgan fingerprint density at radius 1 is 0.520 bits per heavy atom. The highest BCUT2D eigenvalue weighted by Gasteiger charge is 2.07. The smallest absolute Gasteiger partial charge is 0.0355 e. The van der Waals surface area contributed by atoms with Crippen molar-refractivity contribution in [2.24, 2.45) is 0 Å². The van der Waals surface area contributed by atoms with Crippen LogP contribution in [0, 0.1) is 6.07 Å². The number of benzene rings is 4. The molecule has 1 aromatic heterocycles. The zero-order valence-electron chi connectivity index (χ0n) is 13.6. The topological polar surface area (TPSA) is 0 Å². The van der Waals surface area contributed by atoms with E-state index in [4.69, 9.17) is 0 Å². The van der Waals surface area contributed by atoms with Crippen LogP contribution in [-0.2, 0) is 0 Å². The lowest BCUT2D eigenvalue weighted by Gasteiger charge is -2.06. The first-order valence-electron chi connectivity index (χ1n) is 8.37. The highest BCUT2D eigenvalue weighted by molar-refractivity contribution is 7.25. The highest BCUT2D eigenvalue weighted by Crippen LogP contribution is 2.36. The van der Waals surface area contributed by atoms with Crippen LogP contribution in [0.4, 0.5) is 0 Å². The van der Waals surface area contributed by atoms with E-state index in [-0.39, 0.29) is 0 Å². The van der Waals surface area contributed by atoms with Crippen molar-refractivity contribution in [2.75, 3.05) is 0 Å². The fraction of sp³-hybridized carbons (Fsp3) is 0. The van der Waals surface area contributed by atoms with E-state index >= 15 is 0 Å². The zero-order valence-corrected chi connectivity index (χ0v) is 14.4. The molecule has 25 heavy (non-hydrogen) atoms. The van der Waals surface area contributed by atoms with E-state index in [2.05, 4.69) is 91.0 Å². The van der Waals surface area contributed by atoms with Crippen LogP contribution in [0.25, 0.3) is 42.4 Å². The van der Waals surface area contributed by atoms with Crippen LogP contribution in [0.3, 0.4) is 0 Å². The number of fused-ring (bicyclic) bond motifs is 3. The first-order chi connectivity index (χ1) is 12.4. The molecule has 0 unspecified atom stereocenters. The summed E-state index contributed by atoms with van der Waals surface area (Å²) in [6.07, 6.45) is 0. The molecule has 0 fully saturated rings. The minimum atomic E-state index is 1.20. The van der Waals surface area contributed by atoms with Crippen molar-refractivity contribution in [3.8, 4) is 22.3 Å². The summed E-state index contributed by atoms with van der Waals surface area (Å²) in [5.74, 6) is 0. The molecule has 0 amide bonds. The maximum atomic E-state index is 3.31. The lowest BCUT2D eigenvalue weighted by Crippen LogP contribution is -1.81. The molecular formula is C24H15S. The Kier molecular flexibility index (Phi) is 3.39. The molecule has 1 radical (unpaired) electrons. The molecule has 0 spiro atoms. The van der Waals surface area contributed by atoms with E-state index in [0.717, 1.165) is 0 Å². The Hall–Kier alpha value is -2.90. The highest BCUT2D eigenvalue weighted by atomic mass is 32.1. The monoisotopic (exact) mass is 335 g/mol. The van der Waals surface area contributed by atoms with Crippen molar-refractivity contribution in [1.29, 1.82) is 0 Å². The van der Waals surface area contributed by atoms with Crippen molar-refractivity contribution in [3.63, 3.8) is 0 Å². The molecule has 0 aliphatic carbocycles. The quantitative estimate of drug-likeness (QED) is 0.320. The second-order valence-corrected chi connectivity index (χ2v) is 7.27. The largest absolute Gasteiger partial charge is 0.135 e. The van der Waals surface area contributed by atoms with Gasteiger partial charge < -0.3 is 0 Å². The second kappa shape index (κ2) is 5.87. The molecule has 0 saturated carbocycles. The third kappa shape index (κ3) is 2.54. The number of thiophene rings is 1. The van der Waals surface area contributed by atoms with Crippen LogP contribution in [0.15, 0.2) is 91.0 Å². The van der Waals surface area contributed by atoms with E-state index in [0.29, 0.717) is 0 Å². The predicted molar refractivity (Wildman–Crippen MR) is 109 cm³/mol. The number of hydrogen-bond acceptors (Lipinski definition) is 1. The van der Waals surface area contributed by atoms with Gasteiger partial charge in [0.05, 0.1) is 0 Å². The van der Waals surface area contributed by atoms with E-state index < -0.39 is 0 Å². The van der Waals surface area contributed by atoms with E-state index in [1.54, 1.807) is 0 Å². The summed E-state index contributed by atoms with van der Waals surface area (Å²) >= 11 is 1.86. The molecule has 1 heterocycles. The summed E-state index contributed by atoms with van der Waals surface area (Å²) in [7, 11) is 0. The maximum Gasteiger partial charge on any atom is 0.0355 e. The predicted octanol–water partition coefficient (Wildman–Crippen LogP) is 7.19. The van der Waals surface area contributed by atoms with E-state index in [1.165, 1.54) is 42.4 Å². The summed E-state index contributed by atoms with van der Waals surface area (Å²) in [6.45, 7) is 0. The molecule has 0 nitrogen and oxygen atoms in total. The molecule has 4 aromatic carbocycles. The molecular weight excluding hydrogens is 320 g/mol. The average molecular weight is 335 g/mol. The molecule has 5 rings (SSSR count). The van der Waals surface area contributed by atoms with Crippen LogP contribution < -0.4 is 0 Å². The van der Waals surface area contributed by atoms with Crippen LogP contribution in [0.1, 0.15) is 0 Å². The van der Waals surface area contributed by atoms with E-state index in [9.17, 15) is 0 Å². The van der Waals surface area contributed by atoms with Gasteiger partial charge in [-0.05, 0) is 64.7 Å². The Balaban J connectivity index is 1.67.